The quantitative estimate of drug-likeness (QED) is 0.783. The van der Waals surface area contributed by atoms with E-state index in [1.165, 1.54) is 43.4 Å². The molecule has 0 radical (unpaired) electrons. The molecule has 1 fully saturated rings. The smallest absolute Gasteiger partial charge is 0.0369 e. The molecule has 0 atom stereocenters. The molecule has 0 aromatic heterocycles. The van der Waals surface area contributed by atoms with Crippen LogP contribution in [0.15, 0.2) is 24.3 Å². The molecule has 1 heteroatoms. The zero-order valence-electron chi connectivity index (χ0n) is 9.63. The van der Waals surface area contributed by atoms with Gasteiger partial charge in [0.05, 0.1) is 0 Å². The van der Waals surface area contributed by atoms with Gasteiger partial charge >= 0.3 is 0 Å². The van der Waals surface area contributed by atoms with Crippen LogP contribution in [0.5, 0.6) is 0 Å². The summed E-state index contributed by atoms with van der Waals surface area (Å²) in [7, 11) is 0. The molecule has 0 saturated heterocycles. The maximum atomic E-state index is 3.58. The van der Waals surface area contributed by atoms with Gasteiger partial charge in [-0.25, -0.2) is 0 Å². The second-order valence-corrected chi connectivity index (χ2v) is 4.70. The lowest BCUT2D eigenvalue weighted by atomic mass is 9.89. The number of anilines is 1. The Morgan fingerprint density at radius 3 is 2.60 bits per heavy atom. The van der Waals surface area contributed by atoms with Gasteiger partial charge in [0, 0.05) is 12.2 Å². The molecule has 1 aliphatic rings. The summed E-state index contributed by atoms with van der Waals surface area (Å²) in [6, 6.07) is 8.55. The Morgan fingerprint density at radius 2 is 1.87 bits per heavy atom. The first-order valence-corrected chi connectivity index (χ1v) is 6.16. The third-order valence-corrected chi connectivity index (χ3v) is 3.45. The van der Waals surface area contributed by atoms with Crippen LogP contribution in [0.1, 0.15) is 37.7 Å². The molecule has 1 aromatic carbocycles. The standard InChI is InChI=1S/C14H21N/c1-12-7-5-6-10-14(12)15-11-13-8-3-2-4-9-13/h5-7,10,13,15H,2-4,8-9,11H2,1H3. The molecule has 0 spiro atoms. The number of nitrogens with one attached hydrogen (secondary N) is 1. The van der Waals surface area contributed by atoms with Gasteiger partial charge in [-0.05, 0) is 37.3 Å². The highest BCUT2D eigenvalue weighted by atomic mass is 14.9. The third-order valence-electron chi connectivity index (χ3n) is 3.45. The average molecular weight is 203 g/mol. The maximum Gasteiger partial charge on any atom is 0.0369 e. The average Bonchev–Trinajstić information content (AvgIpc) is 2.29. The van der Waals surface area contributed by atoms with Gasteiger partial charge in [0.25, 0.3) is 0 Å². The van der Waals surface area contributed by atoms with Crippen molar-refractivity contribution in [2.45, 2.75) is 39.0 Å². The van der Waals surface area contributed by atoms with Crippen LogP contribution >= 0.6 is 0 Å². The monoisotopic (exact) mass is 203 g/mol. The van der Waals surface area contributed by atoms with Crippen LogP contribution in [0, 0.1) is 12.8 Å². The van der Waals surface area contributed by atoms with Crippen molar-refractivity contribution in [2.24, 2.45) is 5.92 Å². The number of aryl methyl sites for hydroxylation is 1. The number of benzene rings is 1. The summed E-state index contributed by atoms with van der Waals surface area (Å²) in [5.74, 6) is 0.901. The van der Waals surface area contributed by atoms with Gasteiger partial charge in [0.1, 0.15) is 0 Å². The molecule has 0 aliphatic heterocycles. The first-order chi connectivity index (χ1) is 7.36. The van der Waals surface area contributed by atoms with E-state index in [4.69, 9.17) is 0 Å². The molecule has 2 rings (SSSR count). The Morgan fingerprint density at radius 1 is 1.13 bits per heavy atom. The zero-order valence-corrected chi connectivity index (χ0v) is 9.63. The molecule has 1 aliphatic carbocycles. The minimum atomic E-state index is 0.901. The number of hydrogen-bond donors (Lipinski definition) is 1. The molecule has 0 unspecified atom stereocenters. The Kier molecular flexibility index (Phi) is 3.65. The van der Waals surface area contributed by atoms with Gasteiger partial charge in [-0.2, -0.15) is 0 Å². The van der Waals surface area contributed by atoms with E-state index in [1.807, 2.05) is 0 Å². The normalized spacial score (nSPS) is 17.7. The van der Waals surface area contributed by atoms with Crippen molar-refractivity contribution >= 4 is 5.69 Å². The first kappa shape index (κ1) is 10.5. The summed E-state index contributed by atoms with van der Waals surface area (Å²) in [6.07, 6.45) is 7.14. The van der Waals surface area contributed by atoms with Crippen LogP contribution in [-0.4, -0.2) is 6.54 Å². The molecule has 82 valence electrons. The fourth-order valence-electron chi connectivity index (χ4n) is 2.42. The molecule has 0 amide bonds. The summed E-state index contributed by atoms with van der Waals surface area (Å²) in [5, 5.41) is 3.58. The molecule has 0 heterocycles. The number of rotatable bonds is 3. The van der Waals surface area contributed by atoms with Crippen LogP contribution in [0.2, 0.25) is 0 Å². The predicted molar refractivity (Wildman–Crippen MR) is 66.2 cm³/mol. The summed E-state index contributed by atoms with van der Waals surface area (Å²) in [4.78, 5) is 0. The number of hydrogen-bond acceptors (Lipinski definition) is 1. The first-order valence-electron chi connectivity index (χ1n) is 6.16. The van der Waals surface area contributed by atoms with Crippen LogP contribution in [0.3, 0.4) is 0 Å². The lowest BCUT2D eigenvalue weighted by Gasteiger charge is -2.22. The molecule has 0 bridgehead atoms. The minimum Gasteiger partial charge on any atom is -0.385 e. The van der Waals surface area contributed by atoms with E-state index in [0.29, 0.717) is 0 Å². The topological polar surface area (TPSA) is 12.0 Å². The van der Waals surface area contributed by atoms with E-state index in [9.17, 15) is 0 Å². The maximum absolute atomic E-state index is 3.58. The summed E-state index contributed by atoms with van der Waals surface area (Å²) >= 11 is 0. The molecule has 1 N–H and O–H groups in total. The van der Waals surface area contributed by atoms with Gasteiger partial charge in [-0.1, -0.05) is 37.5 Å². The Hall–Kier alpha value is -0.980. The van der Waals surface area contributed by atoms with Crippen LogP contribution < -0.4 is 5.32 Å². The highest BCUT2D eigenvalue weighted by Crippen LogP contribution is 2.24. The highest BCUT2D eigenvalue weighted by molar-refractivity contribution is 5.50. The second kappa shape index (κ2) is 5.20. The molecule has 15 heavy (non-hydrogen) atoms. The highest BCUT2D eigenvalue weighted by Gasteiger charge is 2.12. The van der Waals surface area contributed by atoms with Crippen molar-refractivity contribution in [3.8, 4) is 0 Å². The minimum absolute atomic E-state index is 0.901. The third kappa shape index (κ3) is 2.98. The van der Waals surface area contributed by atoms with Crippen molar-refractivity contribution in [1.82, 2.24) is 0 Å². The fraction of sp³-hybridized carbons (Fsp3) is 0.571. The SMILES string of the molecule is Cc1ccccc1NCC1CCCCC1. The van der Waals surface area contributed by atoms with E-state index >= 15 is 0 Å². The van der Waals surface area contributed by atoms with Crippen molar-refractivity contribution in [2.75, 3.05) is 11.9 Å². The molecule has 1 aromatic rings. The molecular weight excluding hydrogens is 182 g/mol. The predicted octanol–water partition coefficient (Wildman–Crippen LogP) is 3.99. The van der Waals surface area contributed by atoms with Gasteiger partial charge in [0.15, 0.2) is 0 Å². The summed E-state index contributed by atoms with van der Waals surface area (Å²) in [6.45, 7) is 3.33. The largest absolute Gasteiger partial charge is 0.385 e. The molecule has 1 nitrogen and oxygen atoms in total. The van der Waals surface area contributed by atoms with E-state index in [1.54, 1.807) is 0 Å². The van der Waals surface area contributed by atoms with Gasteiger partial charge in [0.2, 0.25) is 0 Å². The summed E-state index contributed by atoms with van der Waals surface area (Å²) < 4.78 is 0. The van der Waals surface area contributed by atoms with Crippen LogP contribution in [-0.2, 0) is 0 Å². The van der Waals surface area contributed by atoms with Gasteiger partial charge < -0.3 is 5.32 Å². The van der Waals surface area contributed by atoms with E-state index in [0.717, 1.165) is 12.5 Å². The number of para-hydroxylation sites is 1. The van der Waals surface area contributed by atoms with E-state index in [-0.39, 0.29) is 0 Å². The zero-order chi connectivity index (χ0) is 10.5. The van der Waals surface area contributed by atoms with Crippen molar-refractivity contribution in [3.63, 3.8) is 0 Å². The Balaban J connectivity index is 1.84. The van der Waals surface area contributed by atoms with Crippen molar-refractivity contribution in [3.05, 3.63) is 29.8 Å². The lowest BCUT2D eigenvalue weighted by molar-refractivity contribution is 0.373. The summed E-state index contributed by atoms with van der Waals surface area (Å²) in [5.41, 5.74) is 2.66. The van der Waals surface area contributed by atoms with Crippen molar-refractivity contribution in [1.29, 1.82) is 0 Å². The lowest BCUT2D eigenvalue weighted by Crippen LogP contribution is -2.17. The second-order valence-electron chi connectivity index (χ2n) is 4.70. The molecule has 1 saturated carbocycles. The van der Waals surface area contributed by atoms with Gasteiger partial charge in [-0.15, -0.1) is 0 Å². The van der Waals surface area contributed by atoms with E-state index in [2.05, 4.69) is 36.5 Å². The van der Waals surface area contributed by atoms with Crippen molar-refractivity contribution < 1.29 is 0 Å². The Bertz CT molecular complexity index is 300. The van der Waals surface area contributed by atoms with Crippen LogP contribution in [0.4, 0.5) is 5.69 Å². The van der Waals surface area contributed by atoms with Crippen LogP contribution in [0.25, 0.3) is 0 Å². The van der Waals surface area contributed by atoms with Gasteiger partial charge in [-0.3, -0.25) is 0 Å². The molecular formula is C14H21N. The Labute approximate surface area is 92.9 Å². The fourth-order valence-corrected chi connectivity index (χ4v) is 2.42. The van der Waals surface area contributed by atoms with E-state index < -0.39 is 0 Å².